The summed E-state index contributed by atoms with van der Waals surface area (Å²) >= 11 is -2.31. The molecular formula is C10H10NO3S-. The number of aliphatic hydroxyl groups excluding tert-OH is 1. The van der Waals surface area contributed by atoms with Gasteiger partial charge in [-0.1, -0.05) is 12.1 Å². The zero-order valence-corrected chi connectivity index (χ0v) is 8.90. The second-order valence-corrected chi connectivity index (χ2v) is 4.41. The highest BCUT2D eigenvalue weighted by Crippen LogP contribution is 2.19. The Morgan fingerprint density at radius 3 is 2.40 bits per heavy atom. The fourth-order valence-electron chi connectivity index (χ4n) is 1.13. The van der Waals surface area contributed by atoms with Gasteiger partial charge in [-0.25, -0.2) is 0 Å². The first-order valence-electron chi connectivity index (χ1n) is 4.32. The monoisotopic (exact) mass is 224 g/mol. The smallest absolute Gasteiger partial charge is 0.0991 e. The minimum Gasteiger partial charge on any atom is -0.772 e. The van der Waals surface area contributed by atoms with Crippen molar-refractivity contribution in [2.75, 3.05) is 0 Å². The molecule has 5 heteroatoms. The lowest BCUT2D eigenvalue weighted by atomic mass is 10.1. The van der Waals surface area contributed by atoms with Crippen molar-refractivity contribution in [1.82, 2.24) is 0 Å². The van der Waals surface area contributed by atoms with Crippen molar-refractivity contribution in [1.29, 1.82) is 5.26 Å². The molecule has 0 fully saturated rings. The highest BCUT2D eigenvalue weighted by molar-refractivity contribution is 7.79. The lowest BCUT2D eigenvalue weighted by molar-refractivity contribution is 0.175. The normalized spacial score (nSPS) is 16.4. The van der Waals surface area contributed by atoms with E-state index in [1.165, 1.54) is 6.92 Å². The van der Waals surface area contributed by atoms with Crippen LogP contribution in [0.5, 0.6) is 0 Å². The summed E-state index contributed by atoms with van der Waals surface area (Å²) < 4.78 is 21.2. The third-order valence-electron chi connectivity index (χ3n) is 2.13. The van der Waals surface area contributed by atoms with E-state index in [0.29, 0.717) is 11.1 Å². The van der Waals surface area contributed by atoms with E-state index >= 15 is 0 Å². The molecule has 0 bridgehead atoms. The van der Waals surface area contributed by atoms with Crippen LogP contribution >= 0.6 is 0 Å². The van der Waals surface area contributed by atoms with Crippen molar-refractivity contribution in [2.45, 2.75) is 18.3 Å². The predicted octanol–water partition coefficient (Wildman–Crippen LogP) is 0.859. The Labute approximate surface area is 90.5 Å². The molecule has 0 radical (unpaired) electrons. The lowest BCUT2D eigenvalue weighted by Gasteiger charge is -2.21. The second-order valence-electron chi connectivity index (χ2n) is 3.14. The highest BCUT2D eigenvalue weighted by Gasteiger charge is 2.16. The van der Waals surface area contributed by atoms with Gasteiger partial charge in [0, 0.05) is 5.25 Å². The third-order valence-corrected chi connectivity index (χ3v) is 2.99. The Kier molecular flexibility index (Phi) is 3.97. The first-order valence-corrected chi connectivity index (χ1v) is 5.46. The summed E-state index contributed by atoms with van der Waals surface area (Å²) in [5.74, 6) is 0. The van der Waals surface area contributed by atoms with Gasteiger partial charge in [0.2, 0.25) is 0 Å². The van der Waals surface area contributed by atoms with Crippen molar-refractivity contribution >= 4 is 11.1 Å². The molecule has 0 amide bonds. The van der Waals surface area contributed by atoms with Gasteiger partial charge < -0.3 is 9.66 Å². The molecule has 0 aliphatic heterocycles. The van der Waals surface area contributed by atoms with Gasteiger partial charge in [0.15, 0.2) is 0 Å². The highest BCUT2D eigenvalue weighted by atomic mass is 32.2. The molecule has 1 N–H and O–H groups in total. The zero-order valence-electron chi connectivity index (χ0n) is 8.08. The molecule has 0 aliphatic carbocycles. The van der Waals surface area contributed by atoms with E-state index in [9.17, 15) is 13.9 Å². The van der Waals surface area contributed by atoms with E-state index < -0.39 is 22.4 Å². The van der Waals surface area contributed by atoms with Gasteiger partial charge >= 0.3 is 0 Å². The first-order chi connectivity index (χ1) is 7.06. The average molecular weight is 224 g/mol. The Hall–Kier alpha value is -1.22. The minimum absolute atomic E-state index is 0.474. The van der Waals surface area contributed by atoms with Crippen LogP contribution in [0.15, 0.2) is 24.3 Å². The Morgan fingerprint density at radius 1 is 1.47 bits per heavy atom. The Balaban J connectivity index is 2.88. The van der Waals surface area contributed by atoms with Gasteiger partial charge in [-0.15, -0.1) is 0 Å². The van der Waals surface area contributed by atoms with Gasteiger partial charge in [0.05, 0.1) is 17.7 Å². The topological polar surface area (TPSA) is 84.1 Å². The summed E-state index contributed by atoms with van der Waals surface area (Å²) in [6.07, 6.45) is -1.06. The van der Waals surface area contributed by atoms with Crippen LogP contribution in [-0.2, 0) is 11.1 Å². The maximum Gasteiger partial charge on any atom is 0.0991 e. The van der Waals surface area contributed by atoms with E-state index in [2.05, 4.69) is 0 Å². The van der Waals surface area contributed by atoms with Gasteiger partial charge in [0.1, 0.15) is 0 Å². The van der Waals surface area contributed by atoms with Crippen LogP contribution in [0.2, 0.25) is 0 Å². The lowest BCUT2D eigenvalue weighted by Crippen LogP contribution is -2.20. The van der Waals surface area contributed by atoms with E-state index in [4.69, 9.17) is 5.26 Å². The zero-order chi connectivity index (χ0) is 11.4. The first kappa shape index (κ1) is 11.9. The summed E-state index contributed by atoms with van der Waals surface area (Å²) in [4.78, 5) is 0. The molecule has 3 atom stereocenters. The van der Waals surface area contributed by atoms with Gasteiger partial charge in [-0.05, 0) is 35.7 Å². The number of hydrogen-bond acceptors (Lipinski definition) is 4. The number of aliphatic hydroxyl groups is 1. The van der Waals surface area contributed by atoms with Crippen LogP contribution in [0.25, 0.3) is 0 Å². The number of benzene rings is 1. The summed E-state index contributed by atoms with van der Waals surface area (Å²) in [6.45, 7) is 1.42. The largest absolute Gasteiger partial charge is 0.772 e. The van der Waals surface area contributed by atoms with Crippen molar-refractivity contribution in [2.24, 2.45) is 0 Å². The van der Waals surface area contributed by atoms with E-state index in [1.54, 1.807) is 24.3 Å². The minimum atomic E-state index is -2.31. The van der Waals surface area contributed by atoms with Gasteiger partial charge in [-0.3, -0.25) is 4.21 Å². The van der Waals surface area contributed by atoms with Crippen molar-refractivity contribution in [3.8, 4) is 6.07 Å². The van der Waals surface area contributed by atoms with Crippen LogP contribution in [0.3, 0.4) is 0 Å². The molecule has 0 aliphatic rings. The van der Waals surface area contributed by atoms with Gasteiger partial charge in [-0.2, -0.15) is 5.26 Å². The fraction of sp³-hybridized carbons (Fsp3) is 0.300. The van der Waals surface area contributed by atoms with Crippen LogP contribution in [-0.4, -0.2) is 19.1 Å². The molecule has 4 nitrogen and oxygen atoms in total. The molecule has 15 heavy (non-hydrogen) atoms. The van der Waals surface area contributed by atoms with Crippen molar-refractivity contribution in [3.05, 3.63) is 35.4 Å². The van der Waals surface area contributed by atoms with Gasteiger partial charge in [0.25, 0.3) is 0 Å². The average Bonchev–Trinajstić information content (AvgIpc) is 2.27. The van der Waals surface area contributed by atoms with Crippen LogP contribution in [0.1, 0.15) is 24.2 Å². The predicted molar refractivity (Wildman–Crippen MR) is 54.5 cm³/mol. The molecule has 1 aromatic rings. The molecule has 0 heterocycles. The molecule has 0 saturated carbocycles. The molecule has 1 rings (SSSR count). The number of rotatable bonds is 3. The molecule has 0 spiro atoms. The molecule has 80 valence electrons. The Bertz CT molecular complexity index is 396. The van der Waals surface area contributed by atoms with Crippen LogP contribution < -0.4 is 0 Å². The summed E-state index contributed by atoms with van der Waals surface area (Å²) in [7, 11) is 0. The standard InChI is InChI=1S/C10H11NO3S/c1-7(15(13)14)10(12)9-4-2-8(6-11)3-5-9/h2-5,7,10,12H,1H3,(H,13,14)/p-1/t7-,10+/m1/s1. The van der Waals surface area contributed by atoms with Crippen LogP contribution in [0.4, 0.5) is 0 Å². The number of hydrogen-bond donors (Lipinski definition) is 1. The third kappa shape index (κ3) is 2.86. The summed E-state index contributed by atoms with van der Waals surface area (Å²) in [5.41, 5.74) is 0.965. The molecule has 1 unspecified atom stereocenters. The molecular weight excluding hydrogens is 214 g/mol. The maximum absolute atomic E-state index is 10.6. The molecule has 1 aromatic carbocycles. The second kappa shape index (κ2) is 5.03. The van der Waals surface area contributed by atoms with E-state index in [-0.39, 0.29) is 0 Å². The number of nitrogens with zero attached hydrogens (tertiary/aromatic N) is 1. The maximum atomic E-state index is 10.6. The van der Waals surface area contributed by atoms with Crippen molar-refractivity contribution < 1.29 is 13.9 Å². The quantitative estimate of drug-likeness (QED) is 0.772. The van der Waals surface area contributed by atoms with E-state index in [0.717, 1.165) is 0 Å². The molecule has 0 saturated heterocycles. The number of nitriles is 1. The molecule has 0 aromatic heterocycles. The van der Waals surface area contributed by atoms with Crippen LogP contribution in [0, 0.1) is 11.3 Å². The van der Waals surface area contributed by atoms with Crippen molar-refractivity contribution in [3.63, 3.8) is 0 Å². The summed E-state index contributed by atoms with van der Waals surface area (Å²) in [6, 6.07) is 8.12. The SMILES string of the molecule is C[C@H]([C@H](O)c1ccc(C#N)cc1)S(=O)[O-]. The summed E-state index contributed by atoms with van der Waals surface area (Å²) in [5, 5.41) is 17.3. The Morgan fingerprint density at radius 2 is 2.00 bits per heavy atom. The van der Waals surface area contributed by atoms with E-state index in [1.807, 2.05) is 6.07 Å². The fourth-order valence-corrected chi connectivity index (χ4v) is 1.50.